The van der Waals surface area contributed by atoms with E-state index in [2.05, 4.69) is 20.8 Å². The van der Waals surface area contributed by atoms with E-state index in [1.807, 2.05) is 6.92 Å². The summed E-state index contributed by atoms with van der Waals surface area (Å²) in [7, 11) is 0. The van der Waals surface area contributed by atoms with Crippen LogP contribution < -0.4 is 0 Å². The van der Waals surface area contributed by atoms with Crippen LogP contribution in [-0.2, 0) is 0 Å². The van der Waals surface area contributed by atoms with Crippen LogP contribution in [0.5, 0.6) is 0 Å². The molecule has 9 heavy (non-hydrogen) atoms. The molecule has 0 fully saturated rings. The van der Waals surface area contributed by atoms with Crippen molar-refractivity contribution in [2.24, 2.45) is 11.8 Å². The van der Waals surface area contributed by atoms with Gasteiger partial charge in [-0.3, -0.25) is 0 Å². The lowest BCUT2D eigenvalue weighted by Crippen LogP contribution is -2.11. The molecule has 0 aromatic carbocycles. The minimum atomic E-state index is -0.137. The van der Waals surface area contributed by atoms with Gasteiger partial charge in [0.05, 0.1) is 6.10 Å². The maximum absolute atomic E-state index is 8.97. The Kier molecular flexibility index (Phi) is 3.87. The SMILES string of the molecule is CC(C)[C@H](C)C[C@H](C)O. The van der Waals surface area contributed by atoms with Crippen molar-refractivity contribution in [3.05, 3.63) is 0 Å². The summed E-state index contributed by atoms with van der Waals surface area (Å²) >= 11 is 0. The van der Waals surface area contributed by atoms with E-state index in [1.165, 1.54) is 0 Å². The lowest BCUT2D eigenvalue weighted by atomic mass is 9.93. The molecule has 0 bridgehead atoms. The molecule has 1 heteroatoms. The molecule has 0 radical (unpaired) electrons. The molecule has 0 aliphatic heterocycles. The highest BCUT2D eigenvalue weighted by molar-refractivity contribution is 4.59. The first-order valence-electron chi connectivity index (χ1n) is 3.72. The molecule has 0 amide bonds. The Labute approximate surface area is 58.1 Å². The van der Waals surface area contributed by atoms with Crippen LogP contribution in [0.4, 0.5) is 0 Å². The van der Waals surface area contributed by atoms with E-state index in [9.17, 15) is 0 Å². The Balaban J connectivity index is 3.38. The van der Waals surface area contributed by atoms with Crippen molar-refractivity contribution in [2.75, 3.05) is 0 Å². The number of aliphatic hydroxyl groups excluding tert-OH is 1. The summed E-state index contributed by atoms with van der Waals surface area (Å²) in [5.74, 6) is 1.34. The fourth-order valence-corrected chi connectivity index (χ4v) is 0.810. The van der Waals surface area contributed by atoms with Crippen LogP contribution in [0.25, 0.3) is 0 Å². The van der Waals surface area contributed by atoms with Crippen LogP contribution in [0.1, 0.15) is 34.1 Å². The minimum absolute atomic E-state index is 0.137. The first-order chi connectivity index (χ1) is 4.04. The summed E-state index contributed by atoms with van der Waals surface area (Å²) in [6, 6.07) is 0. The van der Waals surface area contributed by atoms with Gasteiger partial charge in [0.1, 0.15) is 0 Å². The van der Waals surface area contributed by atoms with Crippen molar-refractivity contribution in [1.82, 2.24) is 0 Å². The molecule has 0 rings (SSSR count). The Morgan fingerprint density at radius 1 is 1.11 bits per heavy atom. The molecule has 0 unspecified atom stereocenters. The third-order valence-corrected chi connectivity index (χ3v) is 1.85. The monoisotopic (exact) mass is 130 g/mol. The average Bonchev–Trinajstić information content (AvgIpc) is 1.63. The summed E-state index contributed by atoms with van der Waals surface area (Å²) in [6.07, 6.45) is 0.792. The molecule has 0 heterocycles. The van der Waals surface area contributed by atoms with Gasteiger partial charge < -0.3 is 5.11 Å². The van der Waals surface area contributed by atoms with Crippen LogP contribution in [-0.4, -0.2) is 11.2 Å². The molecule has 0 aliphatic rings. The molecule has 1 nitrogen and oxygen atoms in total. The third kappa shape index (κ3) is 4.46. The summed E-state index contributed by atoms with van der Waals surface area (Å²) in [5.41, 5.74) is 0. The lowest BCUT2D eigenvalue weighted by Gasteiger charge is -2.16. The summed E-state index contributed by atoms with van der Waals surface area (Å²) < 4.78 is 0. The fraction of sp³-hybridized carbons (Fsp3) is 1.00. The van der Waals surface area contributed by atoms with E-state index in [-0.39, 0.29) is 6.10 Å². The van der Waals surface area contributed by atoms with Crippen molar-refractivity contribution in [2.45, 2.75) is 40.2 Å². The zero-order valence-electron chi connectivity index (χ0n) is 6.89. The van der Waals surface area contributed by atoms with Gasteiger partial charge in [-0.2, -0.15) is 0 Å². The first kappa shape index (κ1) is 8.96. The van der Waals surface area contributed by atoms with Gasteiger partial charge in [0.15, 0.2) is 0 Å². The van der Waals surface area contributed by atoms with E-state index < -0.39 is 0 Å². The molecule has 0 spiro atoms. The maximum Gasteiger partial charge on any atom is 0.0514 e. The van der Waals surface area contributed by atoms with Gasteiger partial charge in [-0.15, -0.1) is 0 Å². The Bertz CT molecular complexity index is 67.0. The van der Waals surface area contributed by atoms with Crippen molar-refractivity contribution in [1.29, 1.82) is 0 Å². The Morgan fingerprint density at radius 2 is 1.56 bits per heavy atom. The average molecular weight is 130 g/mol. The predicted octanol–water partition coefficient (Wildman–Crippen LogP) is 2.05. The largest absolute Gasteiger partial charge is 0.393 e. The van der Waals surface area contributed by atoms with Crippen LogP contribution in [0.2, 0.25) is 0 Å². The summed E-state index contributed by atoms with van der Waals surface area (Å²) in [4.78, 5) is 0. The normalized spacial score (nSPS) is 18.0. The molecule has 1 N–H and O–H groups in total. The van der Waals surface area contributed by atoms with Crippen LogP contribution in [0.3, 0.4) is 0 Å². The second-order valence-corrected chi connectivity index (χ2v) is 3.31. The zero-order valence-corrected chi connectivity index (χ0v) is 6.89. The lowest BCUT2D eigenvalue weighted by molar-refractivity contribution is 0.151. The van der Waals surface area contributed by atoms with Crippen molar-refractivity contribution in [3.8, 4) is 0 Å². The summed E-state index contributed by atoms with van der Waals surface area (Å²) in [5, 5.41) is 8.97. The fourth-order valence-electron chi connectivity index (χ4n) is 0.810. The van der Waals surface area contributed by atoms with Crippen LogP contribution in [0.15, 0.2) is 0 Å². The number of hydrogen-bond acceptors (Lipinski definition) is 1. The number of hydrogen-bond donors (Lipinski definition) is 1. The quantitative estimate of drug-likeness (QED) is 0.620. The van der Waals surface area contributed by atoms with Crippen molar-refractivity contribution in [3.63, 3.8) is 0 Å². The van der Waals surface area contributed by atoms with Gasteiger partial charge in [-0.05, 0) is 25.2 Å². The minimum Gasteiger partial charge on any atom is -0.393 e. The molecule has 0 aromatic rings. The second kappa shape index (κ2) is 3.89. The third-order valence-electron chi connectivity index (χ3n) is 1.85. The van der Waals surface area contributed by atoms with Gasteiger partial charge >= 0.3 is 0 Å². The molecule has 56 valence electrons. The molecule has 2 atom stereocenters. The first-order valence-corrected chi connectivity index (χ1v) is 3.72. The molecule has 0 saturated heterocycles. The van der Waals surface area contributed by atoms with Crippen molar-refractivity contribution < 1.29 is 5.11 Å². The highest BCUT2D eigenvalue weighted by Gasteiger charge is 2.08. The number of rotatable bonds is 3. The molecule has 0 aliphatic carbocycles. The molecular formula is C8H18O. The summed E-state index contributed by atoms with van der Waals surface area (Å²) in [6.45, 7) is 8.40. The smallest absolute Gasteiger partial charge is 0.0514 e. The molecular weight excluding hydrogens is 112 g/mol. The van der Waals surface area contributed by atoms with Gasteiger partial charge in [-0.25, -0.2) is 0 Å². The van der Waals surface area contributed by atoms with Gasteiger partial charge in [0.2, 0.25) is 0 Å². The Morgan fingerprint density at radius 3 is 1.67 bits per heavy atom. The van der Waals surface area contributed by atoms with Gasteiger partial charge in [0.25, 0.3) is 0 Å². The van der Waals surface area contributed by atoms with Gasteiger partial charge in [-0.1, -0.05) is 20.8 Å². The predicted molar refractivity (Wildman–Crippen MR) is 40.3 cm³/mol. The highest BCUT2D eigenvalue weighted by atomic mass is 16.3. The maximum atomic E-state index is 8.97. The zero-order chi connectivity index (χ0) is 7.44. The van der Waals surface area contributed by atoms with Crippen LogP contribution >= 0.6 is 0 Å². The van der Waals surface area contributed by atoms with Gasteiger partial charge in [0, 0.05) is 0 Å². The Hall–Kier alpha value is -0.0400. The van der Waals surface area contributed by atoms with E-state index in [0.717, 1.165) is 6.42 Å². The molecule has 0 saturated carbocycles. The second-order valence-electron chi connectivity index (χ2n) is 3.31. The van der Waals surface area contributed by atoms with E-state index in [4.69, 9.17) is 5.11 Å². The van der Waals surface area contributed by atoms with Crippen molar-refractivity contribution >= 4 is 0 Å². The van der Waals surface area contributed by atoms with E-state index >= 15 is 0 Å². The van der Waals surface area contributed by atoms with E-state index in [1.54, 1.807) is 0 Å². The topological polar surface area (TPSA) is 20.2 Å². The van der Waals surface area contributed by atoms with E-state index in [0.29, 0.717) is 11.8 Å². The number of aliphatic hydroxyl groups is 1. The highest BCUT2D eigenvalue weighted by Crippen LogP contribution is 2.15. The molecule has 0 aromatic heterocycles. The standard InChI is InChI=1S/C8H18O/c1-6(2)7(3)5-8(4)9/h6-9H,5H2,1-4H3/t7-,8+/m1/s1. The van der Waals surface area contributed by atoms with Crippen LogP contribution in [0, 0.1) is 11.8 Å².